The van der Waals surface area contributed by atoms with Crippen LogP contribution in [0.4, 0.5) is 14.5 Å². The molecule has 1 amide bonds. The van der Waals surface area contributed by atoms with Crippen LogP contribution in [0.25, 0.3) is 0 Å². The van der Waals surface area contributed by atoms with Gasteiger partial charge in [0.05, 0.1) is 0 Å². The molecule has 1 aliphatic rings. The van der Waals surface area contributed by atoms with Gasteiger partial charge >= 0.3 is 0 Å². The van der Waals surface area contributed by atoms with E-state index in [-0.39, 0.29) is 23.9 Å². The summed E-state index contributed by atoms with van der Waals surface area (Å²) in [6.45, 7) is 5.48. The van der Waals surface area contributed by atoms with E-state index in [4.69, 9.17) is 0 Å². The van der Waals surface area contributed by atoms with Crippen molar-refractivity contribution in [1.29, 1.82) is 0 Å². The summed E-state index contributed by atoms with van der Waals surface area (Å²) in [5.41, 5.74) is -0.0230. The first-order chi connectivity index (χ1) is 9.99. The van der Waals surface area contributed by atoms with Gasteiger partial charge in [0.15, 0.2) is 5.82 Å². The molecule has 2 atom stereocenters. The Morgan fingerprint density at radius 3 is 2.90 bits per heavy atom. The molecule has 5 heteroatoms. The lowest BCUT2D eigenvalue weighted by Gasteiger charge is -2.28. The molecule has 0 aromatic heterocycles. The van der Waals surface area contributed by atoms with E-state index in [1.54, 1.807) is 6.92 Å². The number of hydrogen-bond donors (Lipinski definition) is 2. The van der Waals surface area contributed by atoms with Gasteiger partial charge in [0.25, 0.3) is 0 Å². The lowest BCUT2D eigenvalue weighted by atomic mass is 9.85. The highest BCUT2D eigenvalue weighted by Gasteiger charge is 2.23. The maximum absolute atomic E-state index is 13.9. The Morgan fingerprint density at radius 2 is 2.24 bits per heavy atom. The minimum Gasteiger partial charge on any atom is -0.321 e. The van der Waals surface area contributed by atoms with Crippen molar-refractivity contribution in [3.05, 3.63) is 29.3 Å². The Kier molecular flexibility index (Phi) is 5.28. The van der Waals surface area contributed by atoms with Gasteiger partial charge in [-0.2, -0.15) is 0 Å². The van der Waals surface area contributed by atoms with Crippen molar-refractivity contribution in [3.63, 3.8) is 0 Å². The van der Waals surface area contributed by atoms with Gasteiger partial charge in [-0.05, 0) is 56.3 Å². The summed E-state index contributed by atoms with van der Waals surface area (Å²) in [5.74, 6) is -1.14. The molecule has 2 N–H and O–H groups in total. The number of amides is 1. The molecular weight excluding hydrogens is 274 g/mol. The highest BCUT2D eigenvalue weighted by Crippen LogP contribution is 2.25. The van der Waals surface area contributed by atoms with Gasteiger partial charge in [-0.3, -0.25) is 4.79 Å². The first-order valence-corrected chi connectivity index (χ1v) is 7.44. The van der Waals surface area contributed by atoms with Crippen LogP contribution in [0.15, 0.2) is 12.1 Å². The highest BCUT2D eigenvalue weighted by atomic mass is 19.1. The molecule has 1 aromatic carbocycles. The molecule has 1 saturated heterocycles. The molecular formula is C16H22F2N2O. The van der Waals surface area contributed by atoms with Crippen LogP contribution in [0.2, 0.25) is 0 Å². The maximum atomic E-state index is 13.9. The summed E-state index contributed by atoms with van der Waals surface area (Å²) < 4.78 is 27.5. The average Bonchev–Trinajstić information content (AvgIpc) is 2.48. The van der Waals surface area contributed by atoms with Crippen LogP contribution in [-0.2, 0) is 4.79 Å². The van der Waals surface area contributed by atoms with Crippen LogP contribution in [0.5, 0.6) is 0 Å². The normalized spacial score (nSPS) is 20.1. The van der Waals surface area contributed by atoms with Gasteiger partial charge in [-0.15, -0.1) is 0 Å². The summed E-state index contributed by atoms with van der Waals surface area (Å²) >= 11 is 0. The number of benzene rings is 1. The standard InChI is InChI=1S/C16H22F2N2O/c1-10-5-6-13(17)16(15(10)18)20-14(21)8-11(2)12-4-3-7-19-9-12/h5-6,11-12,19H,3-4,7-9H2,1-2H3,(H,20,21). The predicted octanol–water partition coefficient (Wildman–Crippen LogP) is 3.24. The fraction of sp³-hybridized carbons (Fsp3) is 0.562. The average molecular weight is 296 g/mol. The number of rotatable bonds is 4. The number of halogens is 2. The number of carbonyl (C=O) groups is 1. The number of aryl methyl sites for hydroxylation is 1. The molecule has 1 aromatic rings. The molecule has 0 bridgehead atoms. The Hall–Kier alpha value is -1.49. The molecule has 1 heterocycles. The van der Waals surface area contributed by atoms with E-state index in [1.807, 2.05) is 6.92 Å². The fourth-order valence-corrected chi connectivity index (χ4v) is 2.79. The van der Waals surface area contributed by atoms with Crippen molar-refractivity contribution in [2.45, 2.75) is 33.1 Å². The zero-order chi connectivity index (χ0) is 15.4. The van der Waals surface area contributed by atoms with E-state index in [0.717, 1.165) is 25.9 Å². The molecule has 2 unspecified atom stereocenters. The third-order valence-corrected chi connectivity index (χ3v) is 4.20. The number of hydrogen-bond acceptors (Lipinski definition) is 2. The topological polar surface area (TPSA) is 41.1 Å². The summed E-state index contributed by atoms with van der Waals surface area (Å²) in [5, 5.41) is 5.69. The van der Waals surface area contributed by atoms with E-state index in [0.29, 0.717) is 11.5 Å². The number of carbonyl (C=O) groups excluding carboxylic acids is 1. The van der Waals surface area contributed by atoms with Crippen molar-refractivity contribution in [1.82, 2.24) is 5.32 Å². The van der Waals surface area contributed by atoms with Crippen molar-refractivity contribution in [2.24, 2.45) is 11.8 Å². The zero-order valence-corrected chi connectivity index (χ0v) is 12.5. The Morgan fingerprint density at radius 1 is 1.48 bits per heavy atom. The quantitative estimate of drug-likeness (QED) is 0.895. The first kappa shape index (κ1) is 15.9. The molecule has 21 heavy (non-hydrogen) atoms. The molecule has 1 fully saturated rings. The first-order valence-electron chi connectivity index (χ1n) is 7.44. The van der Waals surface area contributed by atoms with E-state index in [9.17, 15) is 13.6 Å². The van der Waals surface area contributed by atoms with Gasteiger partial charge < -0.3 is 10.6 Å². The molecule has 3 nitrogen and oxygen atoms in total. The van der Waals surface area contributed by atoms with Crippen molar-refractivity contribution < 1.29 is 13.6 Å². The minimum atomic E-state index is -0.738. The molecule has 2 rings (SSSR count). The van der Waals surface area contributed by atoms with E-state index in [1.165, 1.54) is 12.1 Å². The second-order valence-corrected chi connectivity index (χ2v) is 5.89. The zero-order valence-electron chi connectivity index (χ0n) is 12.5. The van der Waals surface area contributed by atoms with Crippen LogP contribution in [-0.4, -0.2) is 19.0 Å². The summed E-state index contributed by atoms with van der Waals surface area (Å²) in [6, 6.07) is 2.53. The number of nitrogens with one attached hydrogen (secondary N) is 2. The Balaban J connectivity index is 1.97. The maximum Gasteiger partial charge on any atom is 0.224 e. The van der Waals surface area contributed by atoms with Crippen LogP contribution in [0.1, 0.15) is 31.7 Å². The molecule has 116 valence electrons. The predicted molar refractivity (Wildman–Crippen MR) is 79.1 cm³/mol. The summed E-state index contributed by atoms with van der Waals surface area (Å²) in [6.07, 6.45) is 2.48. The Bertz CT molecular complexity index is 513. The SMILES string of the molecule is Cc1ccc(F)c(NC(=O)CC(C)C2CCCNC2)c1F. The van der Waals surface area contributed by atoms with Crippen molar-refractivity contribution in [3.8, 4) is 0 Å². The van der Waals surface area contributed by atoms with Crippen LogP contribution in [0.3, 0.4) is 0 Å². The van der Waals surface area contributed by atoms with Crippen LogP contribution >= 0.6 is 0 Å². The van der Waals surface area contributed by atoms with Gasteiger partial charge in [0.2, 0.25) is 5.91 Å². The van der Waals surface area contributed by atoms with E-state index >= 15 is 0 Å². The molecule has 0 aliphatic carbocycles. The lowest BCUT2D eigenvalue weighted by Crippen LogP contribution is -2.34. The molecule has 0 saturated carbocycles. The smallest absolute Gasteiger partial charge is 0.224 e. The van der Waals surface area contributed by atoms with E-state index < -0.39 is 11.6 Å². The number of piperidine rings is 1. The molecule has 1 aliphatic heterocycles. The monoisotopic (exact) mass is 296 g/mol. The summed E-state index contributed by atoms with van der Waals surface area (Å²) in [7, 11) is 0. The van der Waals surface area contributed by atoms with Crippen LogP contribution < -0.4 is 10.6 Å². The fourth-order valence-electron chi connectivity index (χ4n) is 2.79. The lowest BCUT2D eigenvalue weighted by molar-refractivity contribution is -0.117. The van der Waals surface area contributed by atoms with Crippen LogP contribution in [0, 0.1) is 30.4 Å². The largest absolute Gasteiger partial charge is 0.321 e. The molecule has 0 radical (unpaired) electrons. The van der Waals surface area contributed by atoms with Crippen molar-refractivity contribution >= 4 is 11.6 Å². The Labute approximate surface area is 124 Å². The summed E-state index contributed by atoms with van der Waals surface area (Å²) in [4.78, 5) is 12.0. The second kappa shape index (κ2) is 6.98. The minimum absolute atomic E-state index is 0.189. The van der Waals surface area contributed by atoms with Gasteiger partial charge in [-0.1, -0.05) is 13.0 Å². The third kappa shape index (κ3) is 4.00. The van der Waals surface area contributed by atoms with E-state index in [2.05, 4.69) is 10.6 Å². The van der Waals surface area contributed by atoms with Gasteiger partial charge in [-0.25, -0.2) is 8.78 Å². The second-order valence-electron chi connectivity index (χ2n) is 5.89. The molecule has 0 spiro atoms. The van der Waals surface area contributed by atoms with Gasteiger partial charge in [0, 0.05) is 6.42 Å². The number of anilines is 1. The highest BCUT2D eigenvalue weighted by molar-refractivity contribution is 5.91. The third-order valence-electron chi connectivity index (χ3n) is 4.20. The van der Waals surface area contributed by atoms with Crippen molar-refractivity contribution in [2.75, 3.05) is 18.4 Å². The van der Waals surface area contributed by atoms with Gasteiger partial charge in [0.1, 0.15) is 11.5 Å².